The van der Waals surface area contributed by atoms with Crippen LogP contribution in [0, 0.1) is 6.92 Å². The zero-order valence-electron chi connectivity index (χ0n) is 15.2. The van der Waals surface area contributed by atoms with Crippen molar-refractivity contribution >= 4 is 33.2 Å². The summed E-state index contributed by atoms with van der Waals surface area (Å²) < 4.78 is 29.1. The van der Waals surface area contributed by atoms with Crippen molar-refractivity contribution in [3.8, 4) is 0 Å². The van der Waals surface area contributed by atoms with Crippen LogP contribution in [0.15, 0.2) is 41.4 Å². The molecule has 1 fully saturated rings. The van der Waals surface area contributed by atoms with Crippen molar-refractivity contribution in [2.24, 2.45) is 0 Å². The quantitative estimate of drug-likeness (QED) is 0.722. The molecule has 1 aromatic heterocycles. The Hall–Kier alpha value is -2.12. The molecule has 1 aliphatic heterocycles. The minimum Gasteiger partial charge on any atom is -0.459 e. The number of piperidine rings is 1. The number of pyridine rings is 1. The summed E-state index contributed by atoms with van der Waals surface area (Å²) in [5.74, 6) is 0.363. The molecule has 0 bridgehead atoms. The second-order valence-corrected chi connectivity index (χ2v) is 9.13. The highest BCUT2D eigenvalue weighted by Crippen LogP contribution is 2.23. The molecule has 1 aromatic carbocycles. The van der Waals surface area contributed by atoms with Gasteiger partial charge in [0.25, 0.3) is 0 Å². The molecule has 0 spiro atoms. The molecule has 0 amide bonds. The summed E-state index contributed by atoms with van der Waals surface area (Å²) in [6, 6.07) is 8.18. The largest absolute Gasteiger partial charge is 0.459 e. The number of hydrogen-bond donors (Lipinski definition) is 0. The highest BCUT2D eigenvalue weighted by Gasteiger charge is 2.25. The molecule has 0 radical (unpaired) electrons. The normalized spacial score (nSPS) is 15.6. The molecule has 8 heteroatoms. The maximum absolute atomic E-state index is 12.5. The molecular formula is C19H21ClN2O4S. The summed E-state index contributed by atoms with van der Waals surface area (Å²) in [6.45, 7) is 3.20. The molecule has 2 aromatic rings. The van der Waals surface area contributed by atoms with Gasteiger partial charge in [0.05, 0.1) is 15.5 Å². The van der Waals surface area contributed by atoms with E-state index in [1.165, 1.54) is 12.1 Å². The van der Waals surface area contributed by atoms with Crippen LogP contribution in [0.25, 0.3) is 0 Å². The topological polar surface area (TPSA) is 76.6 Å². The third-order valence-electron chi connectivity index (χ3n) is 4.61. The van der Waals surface area contributed by atoms with E-state index >= 15 is 0 Å². The summed E-state index contributed by atoms with van der Waals surface area (Å²) in [4.78, 5) is 19.1. The second-order valence-electron chi connectivity index (χ2n) is 6.68. The number of aromatic nitrogens is 1. The van der Waals surface area contributed by atoms with Crippen LogP contribution in [0.3, 0.4) is 0 Å². The van der Waals surface area contributed by atoms with Gasteiger partial charge >= 0.3 is 5.97 Å². The first kappa shape index (κ1) is 19.6. The van der Waals surface area contributed by atoms with Crippen molar-refractivity contribution in [2.75, 3.05) is 24.2 Å². The van der Waals surface area contributed by atoms with Crippen molar-refractivity contribution in [1.82, 2.24) is 4.98 Å². The number of anilines is 1. The van der Waals surface area contributed by atoms with Gasteiger partial charge in [-0.1, -0.05) is 17.7 Å². The standard InChI is InChI=1S/C19H21ClN2O4S/c1-13-3-5-16(27(2,24)25)11-17(13)19(23)26-15-7-9-22(10-8-15)18-6-4-14(20)12-21-18/h3-6,11-12,15H,7-10H2,1-2H3. The summed E-state index contributed by atoms with van der Waals surface area (Å²) in [5, 5.41) is 0.592. The zero-order chi connectivity index (χ0) is 19.6. The third kappa shape index (κ3) is 4.78. The van der Waals surface area contributed by atoms with E-state index < -0.39 is 15.8 Å². The number of benzene rings is 1. The summed E-state index contributed by atoms with van der Waals surface area (Å²) in [5.41, 5.74) is 0.981. The lowest BCUT2D eigenvalue weighted by atomic mass is 10.1. The molecule has 1 saturated heterocycles. The van der Waals surface area contributed by atoms with E-state index in [-0.39, 0.29) is 11.0 Å². The summed E-state index contributed by atoms with van der Waals surface area (Å²) >= 11 is 5.87. The van der Waals surface area contributed by atoms with Crippen molar-refractivity contribution < 1.29 is 17.9 Å². The smallest absolute Gasteiger partial charge is 0.338 e. The fourth-order valence-corrected chi connectivity index (χ4v) is 3.78. The molecule has 2 heterocycles. The molecular weight excluding hydrogens is 388 g/mol. The Balaban J connectivity index is 1.64. The first-order chi connectivity index (χ1) is 12.7. The third-order valence-corrected chi connectivity index (χ3v) is 5.94. The lowest BCUT2D eigenvalue weighted by Gasteiger charge is -2.32. The lowest BCUT2D eigenvalue weighted by Crippen LogP contribution is -2.38. The van der Waals surface area contributed by atoms with Gasteiger partial charge in [-0.3, -0.25) is 0 Å². The van der Waals surface area contributed by atoms with Crippen LogP contribution < -0.4 is 4.90 Å². The Morgan fingerprint density at radius 1 is 1.22 bits per heavy atom. The molecule has 6 nitrogen and oxygen atoms in total. The van der Waals surface area contributed by atoms with Crippen molar-refractivity contribution in [1.29, 1.82) is 0 Å². The average Bonchev–Trinajstić information content (AvgIpc) is 2.62. The minimum atomic E-state index is -3.38. The minimum absolute atomic E-state index is 0.115. The van der Waals surface area contributed by atoms with Crippen LogP contribution >= 0.6 is 11.6 Å². The maximum atomic E-state index is 12.5. The Bertz CT molecular complexity index is 937. The summed E-state index contributed by atoms with van der Waals surface area (Å²) in [6.07, 6.45) is 3.89. The first-order valence-corrected chi connectivity index (χ1v) is 10.9. The molecule has 27 heavy (non-hydrogen) atoms. The zero-order valence-corrected chi connectivity index (χ0v) is 16.8. The molecule has 1 aliphatic rings. The molecule has 0 N–H and O–H groups in total. The predicted octanol–water partition coefficient (Wildman–Crippen LogP) is 3.27. The van der Waals surface area contributed by atoms with Crippen molar-refractivity contribution in [3.05, 3.63) is 52.7 Å². The van der Waals surface area contributed by atoms with Crippen LogP contribution in [-0.2, 0) is 14.6 Å². The molecule has 144 valence electrons. The molecule has 0 aliphatic carbocycles. The van der Waals surface area contributed by atoms with Gasteiger partial charge in [-0.15, -0.1) is 0 Å². The van der Waals surface area contributed by atoms with E-state index in [2.05, 4.69) is 9.88 Å². The average molecular weight is 409 g/mol. The monoisotopic (exact) mass is 408 g/mol. The fraction of sp³-hybridized carbons (Fsp3) is 0.368. The van der Waals surface area contributed by atoms with E-state index in [9.17, 15) is 13.2 Å². The number of carbonyl (C=O) groups excluding carboxylic acids is 1. The van der Waals surface area contributed by atoms with Gasteiger partial charge in [0.1, 0.15) is 11.9 Å². The molecule has 0 unspecified atom stereocenters. The van der Waals surface area contributed by atoms with Crippen molar-refractivity contribution in [3.63, 3.8) is 0 Å². The van der Waals surface area contributed by atoms with E-state index in [0.717, 1.165) is 25.2 Å². The Kier molecular flexibility index (Phi) is 5.72. The Labute approximate surface area is 164 Å². The predicted molar refractivity (Wildman–Crippen MR) is 104 cm³/mol. The number of nitrogens with zero attached hydrogens (tertiary/aromatic N) is 2. The van der Waals surface area contributed by atoms with Gasteiger partial charge in [0.2, 0.25) is 0 Å². The van der Waals surface area contributed by atoms with Crippen LogP contribution in [0.1, 0.15) is 28.8 Å². The fourth-order valence-electron chi connectivity index (χ4n) is 3.02. The van der Waals surface area contributed by atoms with Crippen LogP contribution in [0.2, 0.25) is 5.02 Å². The Morgan fingerprint density at radius 3 is 2.52 bits per heavy atom. The summed E-state index contributed by atoms with van der Waals surface area (Å²) in [7, 11) is -3.38. The van der Waals surface area contributed by atoms with E-state index in [4.69, 9.17) is 16.3 Å². The highest BCUT2D eigenvalue weighted by atomic mass is 35.5. The SMILES string of the molecule is Cc1ccc(S(C)(=O)=O)cc1C(=O)OC1CCN(c2ccc(Cl)cn2)CC1. The van der Waals surface area contributed by atoms with Gasteiger partial charge in [-0.05, 0) is 36.8 Å². The van der Waals surface area contributed by atoms with Gasteiger partial charge in [0, 0.05) is 38.4 Å². The van der Waals surface area contributed by atoms with Gasteiger partial charge < -0.3 is 9.64 Å². The van der Waals surface area contributed by atoms with Crippen LogP contribution in [-0.4, -0.2) is 44.8 Å². The van der Waals surface area contributed by atoms with Crippen LogP contribution in [0.4, 0.5) is 5.82 Å². The van der Waals surface area contributed by atoms with Gasteiger partial charge in [-0.2, -0.15) is 0 Å². The number of sulfone groups is 1. The Morgan fingerprint density at radius 2 is 1.93 bits per heavy atom. The lowest BCUT2D eigenvalue weighted by molar-refractivity contribution is 0.0243. The first-order valence-electron chi connectivity index (χ1n) is 8.62. The highest BCUT2D eigenvalue weighted by molar-refractivity contribution is 7.90. The second kappa shape index (κ2) is 7.86. The van der Waals surface area contributed by atoms with E-state index in [0.29, 0.717) is 29.0 Å². The molecule has 0 saturated carbocycles. The van der Waals surface area contributed by atoms with E-state index in [1.807, 2.05) is 6.07 Å². The number of esters is 1. The number of hydrogen-bond acceptors (Lipinski definition) is 6. The molecule has 3 rings (SSSR count). The van der Waals surface area contributed by atoms with Crippen molar-refractivity contribution in [2.45, 2.75) is 30.8 Å². The number of halogens is 1. The van der Waals surface area contributed by atoms with Gasteiger partial charge in [-0.25, -0.2) is 18.2 Å². The number of rotatable bonds is 4. The maximum Gasteiger partial charge on any atom is 0.338 e. The number of carbonyl (C=O) groups is 1. The number of aryl methyl sites for hydroxylation is 1. The van der Waals surface area contributed by atoms with Gasteiger partial charge in [0.15, 0.2) is 9.84 Å². The molecule has 0 atom stereocenters. The number of ether oxygens (including phenoxy) is 1. The van der Waals surface area contributed by atoms with E-state index in [1.54, 1.807) is 25.3 Å². The van der Waals surface area contributed by atoms with Crippen LogP contribution in [0.5, 0.6) is 0 Å².